The topological polar surface area (TPSA) is 102 Å². The van der Waals surface area contributed by atoms with E-state index in [0.717, 1.165) is 22.8 Å². The van der Waals surface area contributed by atoms with Crippen LogP contribution in [0.4, 0.5) is 5.69 Å². The van der Waals surface area contributed by atoms with Crippen molar-refractivity contribution >= 4 is 15.7 Å². The van der Waals surface area contributed by atoms with E-state index >= 15 is 0 Å². The molecule has 0 amide bonds. The van der Waals surface area contributed by atoms with Gasteiger partial charge in [-0.2, -0.15) is 0 Å². The van der Waals surface area contributed by atoms with Crippen LogP contribution in [0.2, 0.25) is 0 Å². The van der Waals surface area contributed by atoms with Crippen LogP contribution in [0, 0.1) is 30.9 Å². The van der Waals surface area contributed by atoms with Gasteiger partial charge < -0.3 is 9.64 Å². The van der Waals surface area contributed by atoms with Crippen molar-refractivity contribution in [2.24, 2.45) is 0 Å². The first kappa shape index (κ1) is 21.8. The van der Waals surface area contributed by atoms with Crippen molar-refractivity contribution in [3.63, 3.8) is 0 Å². The van der Waals surface area contributed by atoms with Gasteiger partial charge in [0.2, 0.25) is 15.8 Å². The third-order valence-corrected chi connectivity index (χ3v) is 5.73. The Labute approximate surface area is 165 Å². The van der Waals surface area contributed by atoms with Gasteiger partial charge in [0.25, 0.3) is 0 Å². The molecule has 0 heterocycles. The summed E-state index contributed by atoms with van der Waals surface area (Å²) in [7, 11) is -0.220. The molecule has 2 rings (SSSR count). The molecule has 2 aromatic rings. The molecule has 0 atom stereocenters. The minimum absolute atomic E-state index is 0.00894. The molecule has 152 valence electrons. The maximum atomic E-state index is 12.4. The highest BCUT2D eigenvalue weighted by Crippen LogP contribution is 2.35. The SMILES string of the molecule is Cc1cc(C)c(C)c(Oc2ccc(S(=O)(=O)NCCN(C)C)cc2[N+](=O)[O-])c1. The highest BCUT2D eigenvalue weighted by Gasteiger charge is 2.23. The number of nitrogens with one attached hydrogen (secondary N) is 1. The Kier molecular flexibility index (Phi) is 6.76. The van der Waals surface area contributed by atoms with Crippen molar-refractivity contribution in [2.75, 3.05) is 27.2 Å². The largest absolute Gasteiger partial charge is 0.450 e. The van der Waals surface area contributed by atoms with Gasteiger partial charge in [0, 0.05) is 19.2 Å². The Hall–Kier alpha value is -2.49. The summed E-state index contributed by atoms with van der Waals surface area (Å²) in [6.07, 6.45) is 0. The van der Waals surface area contributed by atoms with E-state index in [1.165, 1.54) is 12.1 Å². The Morgan fingerprint density at radius 2 is 1.79 bits per heavy atom. The summed E-state index contributed by atoms with van der Waals surface area (Å²) in [6.45, 7) is 6.41. The minimum Gasteiger partial charge on any atom is -0.450 e. The molecule has 0 spiro atoms. The molecule has 0 aliphatic rings. The van der Waals surface area contributed by atoms with Crippen LogP contribution in [-0.2, 0) is 10.0 Å². The van der Waals surface area contributed by atoms with Gasteiger partial charge in [-0.05, 0) is 69.8 Å². The molecule has 0 saturated carbocycles. The third kappa shape index (κ3) is 5.28. The molecule has 0 aliphatic heterocycles. The average Bonchev–Trinajstić information content (AvgIpc) is 2.58. The predicted octanol–water partition coefficient (Wildman–Crippen LogP) is 3.15. The van der Waals surface area contributed by atoms with E-state index in [4.69, 9.17) is 4.74 Å². The molecule has 9 heteroatoms. The second-order valence-electron chi connectivity index (χ2n) is 6.89. The van der Waals surface area contributed by atoms with Crippen LogP contribution in [0.15, 0.2) is 35.2 Å². The third-order valence-electron chi connectivity index (χ3n) is 4.27. The zero-order valence-corrected chi connectivity index (χ0v) is 17.5. The number of nitro groups is 1. The summed E-state index contributed by atoms with van der Waals surface area (Å²) in [5.41, 5.74) is 2.42. The maximum Gasteiger partial charge on any atom is 0.312 e. The van der Waals surface area contributed by atoms with Crippen LogP contribution < -0.4 is 9.46 Å². The normalized spacial score (nSPS) is 11.6. The van der Waals surface area contributed by atoms with Gasteiger partial charge in [0.15, 0.2) is 0 Å². The number of hydrogen-bond acceptors (Lipinski definition) is 6. The molecule has 1 N–H and O–H groups in total. The lowest BCUT2D eigenvalue weighted by Gasteiger charge is -2.13. The lowest BCUT2D eigenvalue weighted by molar-refractivity contribution is -0.385. The van der Waals surface area contributed by atoms with E-state index in [9.17, 15) is 18.5 Å². The highest BCUT2D eigenvalue weighted by molar-refractivity contribution is 7.89. The Balaban J connectivity index is 2.37. The smallest absolute Gasteiger partial charge is 0.312 e. The fraction of sp³-hybridized carbons (Fsp3) is 0.368. The molecule has 0 radical (unpaired) electrons. The first-order chi connectivity index (χ1) is 13.0. The molecule has 0 fully saturated rings. The number of likely N-dealkylation sites (N-methyl/N-ethyl adjacent to an activating group) is 1. The number of ether oxygens (including phenoxy) is 1. The van der Waals surface area contributed by atoms with E-state index in [1.807, 2.05) is 45.8 Å². The molecule has 0 unspecified atom stereocenters. The molecule has 8 nitrogen and oxygen atoms in total. The van der Waals surface area contributed by atoms with Gasteiger partial charge in [-0.15, -0.1) is 0 Å². The van der Waals surface area contributed by atoms with Crippen LogP contribution >= 0.6 is 0 Å². The van der Waals surface area contributed by atoms with Crippen molar-refractivity contribution in [1.82, 2.24) is 9.62 Å². The first-order valence-electron chi connectivity index (χ1n) is 8.70. The van der Waals surface area contributed by atoms with Crippen molar-refractivity contribution < 1.29 is 18.1 Å². The summed E-state index contributed by atoms with van der Waals surface area (Å²) in [6, 6.07) is 7.42. The van der Waals surface area contributed by atoms with Crippen molar-refractivity contribution in [3.8, 4) is 11.5 Å². The fourth-order valence-corrected chi connectivity index (χ4v) is 3.65. The van der Waals surface area contributed by atoms with E-state index in [2.05, 4.69) is 4.72 Å². The molecular weight excluding hydrogens is 382 g/mol. The molecule has 2 aromatic carbocycles. The van der Waals surface area contributed by atoms with E-state index in [-0.39, 0.29) is 17.2 Å². The molecule has 0 saturated heterocycles. The molecule has 0 aromatic heterocycles. The van der Waals surface area contributed by atoms with Gasteiger partial charge in [0.1, 0.15) is 5.75 Å². The van der Waals surface area contributed by atoms with Gasteiger partial charge in [-0.1, -0.05) is 6.07 Å². The standard InChI is InChI=1S/C19H25N3O5S/c1-13-10-14(2)15(3)19(11-13)27-18-7-6-16(12-17(18)22(23)24)28(25,26)20-8-9-21(4)5/h6-7,10-12,20H,8-9H2,1-5H3. The number of aryl methyl sites for hydroxylation is 2. The minimum atomic E-state index is -3.86. The summed E-state index contributed by atoms with van der Waals surface area (Å²) < 4.78 is 33.0. The quantitative estimate of drug-likeness (QED) is 0.533. The highest BCUT2D eigenvalue weighted by atomic mass is 32.2. The van der Waals surface area contributed by atoms with Crippen LogP contribution in [0.1, 0.15) is 16.7 Å². The van der Waals surface area contributed by atoms with Gasteiger partial charge >= 0.3 is 5.69 Å². The summed E-state index contributed by atoms with van der Waals surface area (Å²) in [5.74, 6) is 0.491. The first-order valence-corrected chi connectivity index (χ1v) is 10.2. The second-order valence-corrected chi connectivity index (χ2v) is 8.66. The number of nitrogens with zero attached hydrogens (tertiary/aromatic N) is 2. The molecule has 0 aliphatic carbocycles. The molecule has 28 heavy (non-hydrogen) atoms. The van der Waals surface area contributed by atoms with Crippen molar-refractivity contribution in [3.05, 3.63) is 57.1 Å². The number of rotatable bonds is 8. The zero-order valence-electron chi connectivity index (χ0n) is 16.6. The van der Waals surface area contributed by atoms with Gasteiger partial charge in [-0.25, -0.2) is 13.1 Å². The average molecular weight is 407 g/mol. The Morgan fingerprint density at radius 1 is 1.11 bits per heavy atom. The van der Waals surface area contributed by atoms with Crippen molar-refractivity contribution in [2.45, 2.75) is 25.7 Å². The predicted molar refractivity (Wildman–Crippen MR) is 108 cm³/mol. The number of nitro benzene ring substituents is 1. The lowest BCUT2D eigenvalue weighted by atomic mass is 10.1. The fourth-order valence-electron chi connectivity index (χ4n) is 2.61. The number of benzene rings is 2. The Bertz CT molecular complexity index is 987. The summed E-state index contributed by atoms with van der Waals surface area (Å²) in [4.78, 5) is 12.5. The zero-order chi connectivity index (χ0) is 21.1. The van der Waals surface area contributed by atoms with Gasteiger partial charge in [-0.3, -0.25) is 10.1 Å². The summed E-state index contributed by atoms with van der Waals surface area (Å²) in [5, 5.41) is 11.5. The van der Waals surface area contributed by atoms with Crippen LogP contribution in [-0.4, -0.2) is 45.4 Å². The van der Waals surface area contributed by atoms with Gasteiger partial charge in [0.05, 0.1) is 9.82 Å². The monoisotopic (exact) mass is 407 g/mol. The maximum absolute atomic E-state index is 12.4. The second kappa shape index (κ2) is 8.68. The number of sulfonamides is 1. The van der Waals surface area contributed by atoms with E-state index < -0.39 is 20.6 Å². The van der Waals surface area contributed by atoms with Crippen LogP contribution in [0.3, 0.4) is 0 Å². The summed E-state index contributed by atoms with van der Waals surface area (Å²) >= 11 is 0. The molecular formula is C19H25N3O5S. The van der Waals surface area contributed by atoms with E-state index in [1.54, 1.807) is 6.07 Å². The van der Waals surface area contributed by atoms with Crippen LogP contribution in [0.5, 0.6) is 11.5 Å². The number of hydrogen-bond donors (Lipinski definition) is 1. The molecule has 0 bridgehead atoms. The lowest BCUT2D eigenvalue weighted by Crippen LogP contribution is -2.31. The van der Waals surface area contributed by atoms with Crippen molar-refractivity contribution in [1.29, 1.82) is 0 Å². The van der Waals surface area contributed by atoms with E-state index in [0.29, 0.717) is 12.3 Å². The Morgan fingerprint density at radius 3 is 2.39 bits per heavy atom. The van der Waals surface area contributed by atoms with Crippen LogP contribution in [0.25, 0.3) is 0 Å².